The Kier molecular flexibility index (Phi) is 2.44. The minimum Gasteiger partial charge on any atom is -0.475 e. The van der Waals surface area contributed by atoms with Crippen LogP contribution in [0.5, 0.6) is 0 Å². The molecule has 0 radical (unpaired) electrons. The summed E-state index contributed by atoms with van der Waals surface area (Å²) in [5.74, 6) is -2.34. The molecular weight excluding hydrogens is 208 g/mol. The molecule has 82 valence electrons. The first-order valence-electron chi connectivity index (χ1n) is 4.88. The van der Waals surface area contributed by atoms with Gasteiger partial charge in [-0.1, -0.05) is 6.92 Å². The van der Waals surface area contributed by atoms with Crippen molar-refractivity contribution in [2.45, 2.75) is 13.3 Å². The fraction of sp³-hybridized carbons (Fsp3) is 0.182. The van der Waals surface area contributed by atoms with Crippen LogP contribution >= 0.6 is 0 Å². The van der Waals surface area contributed by atoms with Gasteiger partial charge in [0.25, 0.3) is 5.78 Å². The van der Waals surface area contributed by atoms with Gasteiger partial charge in [0, 0.05) is 17.3 Å². The number of nitrogens with zero attached hydrogens (tertiary/aromatic N) is 1. The maximum atomic E-state index is 11.6. The standard InChI is InChI=1S/C11H10N2O3/c1-2-7-8(9(14)11(15)16)6-4-3-5-12-10(6)13-7/h3-5H,2H2,1H3,(H,12,13)(H,15,16). The smallest absolute Gasteiger partial charge is 0.377 e. The highest BCUT2D eigenvalue weighted by atomic mass is 16.4. The molecule has 0 atom stereocenters. The van der Waals surface area contributed by atoms with Crippen LogP contribution in [-0.2, 0) is 11.2 Å². The molecule has 2 aromatic rings. The van der Waals surface area contributed by atoms with E-state index in [1.807, 2.05) is 6.92 Å². The molecule has 2 aromatic heterocycles. The molecule has 5 heteroatoms. The topological polar surface area (TPSA) is 83.0 Å². The number of rotatable bonds is 3. The van der Waals surface area contributed by atoms with Crippen LogP contribution in [0.15, 0.2) is 18.3 Å². The number of aryl methyl sites for hydroxylation is 1. The summed E-state index contributed by atoms with van der Waals surface area (Å²) >= 11 is 0. The van der Waals surface area contributed by atoms with Crippen molar-refractivity contribution >= 4 is 22.8 Å². The number of carboxylic acids is 1. The Bertz CT molecular complexity index is 572. The van der Waals surface area contributed by atoms with Gasteiger partial charge in [0.05, 0.1) is 5.56 Å². The van der Waals surface area contributed by atoms with Crippen LogP contribution < -0.4 is 0 Å². The molecule has 0 saturated carbocycles. The zero-order valence-electron chi connectivity index (χ0n) is 8.65. The van der Waals surface area contributed by atoms with E-state index in [0.29, 0.717) is 23.1 Å². The zero-order chi connectivity index (χ0) is 11.7. The zero-order valence-corrected chi connectivity index (χ0v) is 8.65. The SMILES string of the molecule is CCc1[nH]c2ncccc2c1C(=O)C(=O)O. The monoisotopic (exact) mass is 218 g/mol. The van der Waals surface area contributed by atoms with E-state index in [4.69, 9.17) is 5.11 Å². The number of fused-ring (bicyclic) bond motifs is 1. The van der Waals surface area contributed by atoms with Gasteiger partial charge in [-0.2, -0.15) is 0 Å². The van der Waals surface area contributed by atoms with E-state index in [1.165, 1.54) is 0 Å². The third-order valence-corrected chi connectivity index (χ3v) is 2.42. The van der Waals surface area contributed by atoms with Crippen LogP contribution in [0.1, 0.15) is 23.0 Å². The first-order chi connectivity index (χ1) is 7.65. The van der Waals surface area contributed by atoms with Crippen molar-refractivity contribution < 1.29 is 14.7 Å². The van der Waals surface area contributed by atoms with Gasteiger partial charge in [-0.25, -0.2) is 9.78 Å². The van der Waals surface area contributed by atoms with Crippen molar-refractivity contribution in [2.75, 3.05) is 0 Å². The summed E-state index contributed by atoms with van der Waals surface area (Å²) in [6.07, 6.45) is 2.15. The van der Waals surface area contributed by atoms with E-state index in [9.17, 15) is 9.59 Å². The minimum absolute atomic E-state index is 0.220. The molecule has 0 saturated heterocycles. The van der Waals surface area contributed by atoms with Gasteiger partial charge in [0.1, 0.15) is 5.65 Å². The number of H-pyrrole nitrogens is 1. The van der Waals surface area contributed by atoms with Gasteiger partial charge in [0.2, 0.25) is 0 Å². The summed E-state index contributed by atoms with van der Waals surface area (Å²) in [5, 5.41) is 9.31. The van der Waals surface area contributed by atoms with Gasteiger partial charge >= 0.3 is 5.97 Å². The fourth-order valence-corrected chi connectivity index (χ4v) is 1.71. The number of ketones is 1. The highest BCUT2D eigenvalue weighted by Crippen LogP contribution is 2.21. The Balaban J connectivity index is 2.74. The van der Waals surface area contributed by atoms with Gasteiger partial charge < -0.3 is 10.1 Å². The number of aliphatic carboxylic acids is 1. The lowest BCUT2D eigenvalue weighted by Gasteiger charge is -1.96. The van der Waals surface area contributed by atoms with E-state index in [-0.39, 0.29) is 5.56 Å². The molecule has 0 unspecified atom stereocenters. The van der Waals surface area contributed by atoms with Crippen molar-refractivity contribution in [3.05, 3.63) is 29.6 Å². The second-order valence-corrected chi connectivity index (χ2v) is 3.37. The van der Waals surface area contributed by atoms with Gasteiger partial charge in [-0.3, -0.25) is 4.79 Å². The van der Waals surface area contributed by atoms with Crippen molar-refractivity contribution in [1.29, 1.82) is 0 Å². The second-order valence-electron chi connectivity index (χ2n) is 3.37. The average Bonchev–Trinajstić information content (AvgIpc) is 2.66. The minimum atomic E-state index is -1.44. The molecule has 0 aliphatic heterocycles. The predicted octanol–water partition coefficient (Wildman–Crippen LogP) is 1.39. The number of pyridine rings is 1. The van der Waals surface area contributed by atoms with Crippen molar-refractivity contribution in [2.24, 2.45) is 0 Å². The lowest BCUT2D eigenvalue weighted by molar-refractivity contribution is -0.131. The Hall–Kier alpha value is -2.17. The summed E-state index contributed by atoms with van der Waals surface area (Å²) in [4.78, 5) is 29.3. The number of nitrogens with one attached hydrogen (secondary N) is 1. The maximum Gasteiger partial charge on any atom is 0.377 e. The number of hydrogen-bond acceptors (Lipinski definition) is 3. The van der Waals surface area contributed by atoms with Crippen molar-refractivity contribution in [3.8, 4) is 0 Å². The molecule has 2 heterocycles. The van der Waals surface area contributed by atoms with Gasteiger partial charge in [-0.15, -0.1) is 0 Å². The first-order valence-corrected chi connectivity index (χ1v) is 4.88. The van der Waals surface area contributed by atoms with E-state index in [1.54, 1.807) is 18.3 Å². The second kappa shape index (κ2) is 3.77. The van der Waals surface area contributed by atoms with Crippen LogP contribution in [0.25, 0.3) is 11.0 Å². The molecule has 0 aromatic carbocycles. The van der Waals surface area contributed by atoms with Crippen LogP contribution in [0.3, 0.4) is 0 Å². The molecule has 0 fully saturated rings. The van der Waals surface area contributed by atoms with Crippen molar-refractivity contribution in [3.63, 3.8) is 0 Å². The number of carboxylic acid groups (broad SMARTS) is 1. The van der Waals surface area contributed by atoms with Gasteiger partial charge in [-0.05, 0) is 18.6 Å². The summed E-state index contributed by atoms with van der Waals surface area (Å²) < 4.78 is 0. The molecular formula is C11H10N2O3. The predicted molar refractivity (Wildman–Crippen MR) is 57.4 cm³/mol. The quantitative estimate of drug-likeness (QED) is 0.602. The molecule has 5 nitrogen and oxygen atoms in total. The largest absolute Gasteiger partial charge is 0.475 e. The van der Waals surface area contributed by atoms with Crippen molar-refractivity contribution in [1.82, 2.24) is 9.97 Å². The van der Waals surface area contributed by atoms with E-state index < -0.39 is 11.8 Å². The molecule has 0 spiro atoms. The van der Waals surface area contributed by atoms with Crippen LogP contribution in [0.2, 0.25) is 0 Å². The molecule has 0 bridgehead atoms. The Morgan fingerprint density at radius 2 is 2.25 bits per heavy atom. The van der Waals surface area contributed by atoms with Crippen LogP contribution in [0, 0.1) is 0 Å². The number of hydrogen-bond donors (Lipinski definition) is 2. The normalized spacial score (nSPS) is 10.6. The Morgan fingerprint density at radius 1 is 1.50 bits per heavy atom. The lowest BCUT2D eigenvalue weighted by atomic mass is 10.1. The van der Waals surface area contributed by atoms with Crippen LogP contribution in [-0.4, -0.2) is 26.8 Å². The van der Waals surface area contributed by atoms with E-state index in [0.717, 1.165) is 0 Å². The third-order valence-electron chi connectivity index (χ3n) is 2.42. The molecule has 0 aliphatic rings. The average molecular weight is 218 g/mol. The highest BCUT2D eigenvalue weighted by molar-refractivity contribution is 6.42. The molecule has 0 aliphatic carbocycles. The molecule has 2 rings (SSSR count). The lowest BCUT2D eigenvalue weighted by Crippen LogP contribution is -2.14. The molecule has 0 amide bonds. The summed E-state index contributed by atoms with van der Waals surface area (Å²) in [6.45, 7) is 1.85. The summed E-state index contributed by atoms with van der Waals surface area (Å²) in [5.41, 5.74) is 1.38. The number of carbonyl (C=O) groups is 2. The summed E-state index contributed by atoms with van der Waals surface area (Å²) in [6, 6.07) is 3.36. The Labute approximate surface area is 91.1 Å². The van der Waals surface area contributed by atoms with Gasteiger partial charge in [0.15, 0.2) is 0 Å². The highest BCUT2D eigenvalue weighted by Gasteiger charge is 2.22. The van der Waals surface area contributed by atoms with E-state index >= 15 is 0 Å². The maximum absolute atomic E-state index is 11.6. The molecule has 2 N–H and O–H groups in total. The third kappa shape index (κ3) is 1.46. The fourth-order valence-electron chi connectivity index (χ4n) is 1.71. The first kappa shape index (κ1) is 10.4. The number of aromatic amines is 1. The number of carbonyl (C=O) groups excluding carboxylic acids is 1. The van der Waals surface area contributed by atoms with E-state index in [2.05, 4.69) is 9.97 Å². The number of aromatic nitrogens is 2. The van der Waals surface area contributed by atoms with Crippen LogP contribution in [0.4, 0.5) is 0 Å². The molecule has 16 heavy (non-hydrogen) atoms. The Morgan fingerprint density at radius 3 is 2.88 bits per heavy atom. The summed E-state index contributed by atoms with van der Waals surface area (Å²) in [7, 11) is 0. The number of Topliss-reactive ketones (excluding diaryl/α,β-unsaturated/α-hetero) is 1.